The highest BCUT2D eigenvalue weighted by Gasteiger charge is 2.36. The molecule has 0 saturated heterocycles. The van der Waals surface area contributed by atoms with E-state index in [-0.39, 0.29) is 5.41 Å². The molecule has 0 bridgehead atoms. The molecule has 0 saturated carbocycles. The number of aromatic nitrogens is 1. The summed E-state index contributed by atoms with van der Waals surface area (Å²) in [5.41, 5.74) is 19.8. The number of hydrogen-bond acceptors (Lipinski definition) is 1. The number of benzene rings is 8. The van der Waals surface area contributed by atoms with Crippen molar-refractivity contribution in [1.29, 1.82) is 0 Å². The van der Waals surface area contributed by atoms with Crippen LogP contribution in [0, 0.1) is 13.8 Å². The van der Waals surface area contributed by atoms with Gasteiger partial charge in [0.05, 0.1) is 16.7 Å². The Balaban J connectivity index is 1.11. The average molecular weight is 707 g/mol. The van der Waals surface area contributed by atoms with Crippen LogP contribution in [0.5, 0.6) is 0 Å². The summed E-state index contributed by atoms with van der Waals surface area (Å²) in [5, 5.41) is 2.54. The third-order valence-corrected chi connectivity index (χ3v) is 11.8. The minimum atomic E-state index is -0.103. The van der Waals surface area contributed by atoms with E-state index in [0.29, 0.717) is 0 Å². The zero-order chi connectivity index (χ0) is 37.3. The van der Waals surface area contributed by atoms with Gasteiger partial charge in [-0.05, 0) is 130 Å². The lowest BCUT2D eigenvalue weighted by Crippen LogP contribution is -2.17. The van der Waals surface area contributed by atoms with Crippen LogP contribution in [0.2, 0.25) is 0 Å². The monoisotopic (exact) mass is 706 g/mol. The fourth-order valence-electron chi connectivity index (χ4n) is 9.15. The molecular formula is C53H42N2. The van der Waals surface area contributed by atoms with E-state index in [9.17, 15) is 0 Å². The van der Waals surface area contributed by atoms with Crippen LogP contribution in [0.25, 0.3) is 60.9 Å². The number of fused-ring (bicyclic) bond motifs is 6. The second-order valence-electron chi connectivity index (χ2n) is 15.5. The summed E-state index contributed by atoms with van der Waals surface area (Å²) in [6.07, 6.45) is 0. The Morgan fingerprint density at radius 3 is 1.58 bits per heavy atom. The van der Waals surface area contributed by atoms with Crippen molar-refractivity contribution in [3.63, 3.8) is 0 Å². The second kappa shape index (κ2) is 12.7. The molecule has 0 fully saturated rings. The fourth-order valence-corrected chi connectivity index (χ4v) is 9.15. The van der Waals surface area contributed by atoms with E-state index >= 15 is 0 Å². The molecule has 0 N–H and O–H groups in total. The van der Waals surface area contributed by atoms with E-state index in [1.54, 1.807) is 0 Å². The number of nitrogens with zero attached hydrogens (tertiary/aromatic N) is 2. The summed E-state index contributed by atoms with van der Waals surface area (Å²) in [5.74, 6) is 0. The SMILES string of the molecule is Cc1cc(-c2ccc(-c3ccccc3)cc2)cc(C)c1N(c1ccc(-n2c3ccccc3c3ccccc32)cc1)c1ccc2c(c1)C(C)(C)c1ccccc1-2. The molecule has 2 nitrogen and oxygen atoms in total. The van der Waals surface area contributed by atoms with E-state index in [1.807, 2.05) is 0 Å². The Morgan fingerprint density at radius 1 is 0.418 bits per heavy atom. The van der Waals surface area contributed by atoms with Gasteiger partial charge in [-0.25, -0.2) is 0 Å². The maximum absolute atomic E-state index is 2.47. The Hall–Kier alpha value is -6.64. The molecule has 264 valence electrons. The highest BCUT2D eigenvalue weighted by molar-refractivity contribution is 6.09. The highest BCUT2D eigenvalue weighted by atomic mass is 15.1. The lowest BCUT2D eigenvalue weighted by Gasteiger charge is -2.31. The van der Waals surface area contributed by atoms with E-state index in [4.69, 9.17) is 0 Å². The lowest BCUT2D eigenvalue weighted by atomic mass is 9.82. The van der Waals surface area contributed by atoms with Crippen LogP contribution in [0.15, 0.2) is 182 Å². The normalized spacial score (nSPS) is 12.9. The third kappa shape index (κ3) is 5.32. The van der Waals surface area contributed by atoms with E-state index in [0.717, 1.165) is 17.1 Å². The smallest absolute Gasteiger partial charge is 0.0541 e. The van der Waals surface area contributed by atoms with Gasteiger partial charge in [-0.15, -0.1) is 0 Å². The zero-order valence-corrected chi connectivity index (χ0v) is 31.7. The van der Waals surface area contributed by atoms with Crippen molar-refractivity contribution in [3.05, 3.63) is 204 Å². The number of rotatable bonds is 6. The first-order valence-electron chi connectivity index (χ1n) is 19.3. The van der Waals surface area contributed by atoms with Gasteiger partial charge in [0.2, 0.25) is 0 Å². The fraction of sp³-hybridized carbons (Fsp3) is 0.0943. The standard InChI is InChI=1S/C53H42N2/c1-35-32-40(39-24-22-38(23-25-39)37-14-6-5-7-15-37)33-36(2)52(35)54(43-30-31-45-44-16-8-11-19-48(44)53(3,4)49(45)34-43)41-26-28-42(29-27-41)55-50-20-12-9-17-46(50)47-18-10-13-21-51(47)55/h5-34H,1-4H3. The molecule has 8 aromatic carbocycles. The molecule has 1 aromatic heterocycles. The molecule has 0 spiro atoms. The van der Waals surface area contributed by atoms with E-state index in [2.05, 4.69) is 219 Å². The summed E-state index contributed by atoms with van der Waals surface area (Å²) in [7, 11) is 0. The van der Waals surface area contributed by atoms with Crippen molar-refractivity contribution in [3.8, 4) is 39.1 Å². The van der Waals surface area contributed by atoms with Gasteiger partial charge in [0.1, 0.15) is 0 Å². The summed E-state index contributed by atoms with van der Waals surface area (Å²) < 4.78 is 2.39. The van der Waals surface area contributed by atoms with Gasteiger partial charge in [0.15, 0.2) is 0 Å². The number of para-hydroxylation sites is 2. The van der Waals surface area contributed by atoms with Gasteiger partial charge in [-0.2, -0.15) is 0 Å². The van der Waals surface area contributed by atoms with Crippen LogP contribution < -0.4 is 4.90 Å². The largest absolute Gasteiger partial charge is 0.310 e. The van der Waals surface area contributed by atoms with E-state index < -0.39 is 0 Å². The first-order chi connectivity index (χ1) is 26.9. The van der Waals surface area contributed by atoms with Gasteiger partial charge >= 0.3 is 0 Å². The molecule has 55 heavy (non-hydrogen) atoms. The van der Waals surface area contributed by atoms with Crippen molar-refractivity contribution in [2.75, 3.05) is 4.90 Å². The molecule has 1 heterocycles. The lowest BCUT2D eigenvalue weighted by molar-refractivity contribution is 0.660. The Kier molecular flexibility index (Phi) is 7.64. The molecule has 0 aliphatic heterocycles. The number of aryl methyl sites for hydroxylation is 2. The molecule has 1 aliphatic carbocycles. The third-order valence-electron chi connectivity index (χ3n) is 11.8. The quantitative estimate of drug-likeness (QED) is 0.167. The predicted octanol–water partition coefficient (Wildman–Crippen LogP) is 14.5. The van der Waals surface area contributed by atoms with Gasteiger partial charge in [0, 0.05) is 33.2 Å². The summed E-state index contributed by atoms with van der Waals surface area (Å²) in [6, 6.07) is 66.8. The summed E-state index contributed by atoms with van der Waals surface area (Å²) >= 11 is 0. The highest BCUT2D eigenvalue weighted by Crippen LogP contribution is 2.51. The van der Waals surface area contributed by atoms with Crippen LogP contribution >= 0.6 is 0 Å². The molecule has 0 radical (unpaired) electrons. The number of hydrogen-bond donors (Lipinski definition) is 0. The average Bonchev–Trinajstić information content (AvgIpc) is 3.68. The van der Waals surface area contributed by atoms with Crippen LogP contribution in [0.4, 0.5) is 17.1 Å². The molecule has 0 atom stereocenters. The van der Waals surface area contributed by atoms with Crippen LogP contribution in [-0.2, 0) is 5.41 Å². The Morgan fingerprint density at radius 2 is 0.927 bits per heavy atom. The first-order valence-corrected chi connectivity index (χ1v) is 19.3. The van der Waals surface area contributed by atoms with Gasteiger partial charge in [0.25, 0.3) is 0 Å². The topological polar surface area (TPSA) is 8.17 Å². The summed E-state index contributed by atoms with van der Waals surface area (Å²) in [4.78, 5) is 2.47. The summed E-state index contributed by atoms with van der Waals surface area (Å²) in [6.45, 7) is 9.24. The second-order valence-corrected chi connectivity index (χ2v) is 15.5. The maximum Gasteiger partial charge on any atom is 0.0541 e. The molecule has 10 rings (SSSR count). The number of anilines is 3. The van der Waals surface area contributed by atoms with Crippen molar-refractivity contribution in [2.24, 2.45) is 0 Å². The van der Waals surface area contributed by atoms with Crippen molar-refractivity contribution in [1.82, 2.24) is 4.57 Å². The van der Waals surface area contributed by atoms with Crippen molar-refractivity contribution in [2.45, 2.75) is 33.1 Å². The Bertz CT molecular complexity index is 2820. The van der Waals surface area contributed by atoms with Crippen LogP contribution in [0.3, 0.4) is 0 Å². The molecule has 9 aromatic rings. The molecule has 0 unspecified atom stereocenters. The van der Waals surface area contributed by atoms with Gasteiger partial charge in [-0.3, -0.25) is 0 Å². The maximum atomic E-state index is 2.47. The zero-order valence-electron chi connectivity index (χ0n) is 31.7. The van der Waals surface area contributed by atoms with E-state index in [1.165, 1.54) is 83.1 Å². The van der Waals surface area contributed by atoms with Gasteiger partial charge < -0.3 is 9.47 Å². The van der Waals surface area contributed by atoms with Crippen molar-refractivity contribution < 1.29 is 0 Å². The molecule has 2 heteroatoms. The van der Waals surface area contributed by atoms with Gasteiger partial charge in [-0.1, -0.05) is 135 Å². The molecule has 0 amide bonds. The molecular weight excluding hydrogens is 665 g/mol. The molecule has 1 aliphatic rings. The first kappa shape index (κ1) is 33.0. The predicted molar refractivity (Wildman–Crippen MR) is 233 cm³/mol. The van der Waals surface area contributed by atoms with Crippen LogP contribution in [0.1, 0.15) is 36.1 Å². The van der Waals surface area contributed by atoms with Crippen LogP contribution in [-0.4, -0.2) is 4.57 Å². The minimum absolute atomic E-state index is 0.103. The minimum Gasteiger partial charge on any atom is -0.310 e. The Labute approximate surface area is 323 Å². The van der Waals surface area contributed by atoms with Crippen molar-refractivity contribution >= 4 is 38.9 Å².